The molecule has 4 heterocycles. The van der Waals surface area contributed by atoms with Crippen LogP contribution >= 0.6 is 0 Å². The Hall–Kier alpha value is -1.20. The topological polar surface area (TPSA) is 13.0 Å². The van der Waals surface area contributed by atoms with Crippen molar-refractivity contribution in [2.45, 2.75) is 0 Å². The summed E-state index contributed by atoms with van der Waals surface area (Å²) in [4.78, 5) is 9.88. The zero-order valence-corrected chi connectivity index (χ0v) is 11.7. The van der Waals surface area contributed by atoms with Gasteiger partial charge in [-0.15, -0.1) is 52.6 Å². The highest BCUT2D eigenvalue weighted by Gasteiger charge is 2.36. The lowest BCUT2D eigenvalue weighted by Gasteiger charge is -2.56. The summed E-state index contributed by atoms with van der Waals surface area (Å²) in [5.74, 6) is 0. The molecule has 0 spiro atoms. The van der Waals surface area contributed by atoms with Crippen LogP contribution in [0.3, 0.4) is 0 Å². The molecule has 0 aromatic rings. The highest BCUT2D eigenvalue weighted by Crippen LogP contribution is 2.20. The van der Waals surface area contributed by atoms with Crippen LogP contribution in [-0.4, -0.2) is 59.6 Å². The lowest BCUT2D eigenvalue weighted by Crippen LogP contribution is -2.71. The second-order valence-corrected chi connectivity index (χ2v) is 3.53. The Morgan fingerprint density at radius 1 is 0.333 bits per heavy atom. The van der Waals surface area contributed by atoms with Gasteiger partial charge in [0, 0.05) is 0 Å². The predicted molar refractivity (Wildman–Crippen MR) is 81.6 cm³/mol. The number of nitrogens with zero attached hydrogens (tertiary/aromatic N) is 4. The third-order valence-corrected chi connectivity index (χ3v) is 2.40. The van der Waals surface area contributed by atoms with Crippen molar-refractivity contribution in [1.29, 1.82) is 0 Å². The first-order chi connectivity index (χ1) is 8.90. The van der Waals surface area contributed by atoms with Gasteiger partial charge in [0.2, 0.25) is 0 Å². The number of hydrogen-bond acceptors (Lipinski definition) is 4. The van der Waals surface area contributed by atoms with Crippen molar-refractivity contribution in [3.8, 4) is 0 Å². The Morgan fingerprint density at radius 2 is 0.444 bits per heavy atom. The minimum Gasteiger partial charge on any atom is -0.264 e. The average Bonchev–Trinajstić information content (AvgIpc) is 2.46. The summed E-state index contributed by atoms with van der Waals surface area (Å²) in [7, 11) is 0. The summed E-state index contributed by atoms with van der Waals surface area (Å²) in [6, 6.07) is 0. The molecule has 4 fully saturated rings. The number of rotatable bonds is 0. The van der Waals surface area contributed by atoms with Gasteiger partial charge in [-0.05, 0) is 0 Å². The van der Waals surface area contributed by atoms with Crippen molar-refractivity contribution in [2.75, 3.05) is 40.0 Å². The molecule has 0 amide bonds. The van der Waals surface area contributed by atoms with Crippen molar-refractivity contribution in [3.63, 3.8) is 0 Å². The number of hydrogen-bond donors (Lipinski definition) is 0. The molecule has 0 aliphatic carbocycles. The molecule has 4 heteroatoms. The lowest BCUT2D eigenvalue weighted by molar-refractivity contribution is -0.194. The fraction of sp³-hybridized carbons (Fsp3) is 0.429. The van der Waals surface area contributed by atoms with Gasteiger partial charge in [0.15, 0.2) is 0 Å². The van der Waals surface area contributed by atoms with E-state index in [-0.39, 0.29) is 0 Å². The van der Waals surface area contributed by atoms with Gasteiger partial charge >= 0.3 is 0 Å². The Bertz CT molecular complexity index is 143. The first-order valence-corrected chi connectivity index (χ1v) is 5.79. The fourth-order valence-electron chi connectivity index (χ4n) is 2.23. The van der Waals surface area contributed by atoms with E-state index in [1.54, 1.807) is 0 Å². The second-order valence-electron chi connectivity index (χ2n) is 3.53. The van der Waals surface area contributed by atoms with Crippen molar-refractivity contribution < 1.29 is 0 Å². The van der Waals surface area contributed by atoms with E-state index in [4.69, 9.17) is 0 Å². The molecule has 4 saturated heterocycles. The molecule has 4 nitrogen and oxygen atoms in total. The maximum absolute atomic E-state index is 3.00. The molecular formula is C14H28N4. The maximum Gasteiger partial charge on any atom is 0.0555 e. The molecule has 0 aromatic heterocycles. The molecule has 0 unspecified atom stereocenters. The van der Waals surface area contributed by atoms with E-state index in [1.807, 2.05) is 0 Å². The zero-order chi connectivity index (χ0) is 14.6. The summed E-state index contributed by atoms with van der Waals surface area (Å²) in [6.07, 6.45) is 0. The molecule has 4 aliphatic rings. The minimum absolute atomic E-state index is 1.19. The second kappa shape index (κ2) is 12.3. The zero-order valence-electron chi connectivity index (χ0n) is 11.7. The summed E-state index contributed by atoms with van der Waals surface area (Å²) < 4.78 is 0. The normalized spacial score (nSPS) is 32.9. The van der Waals surface area contributed by atoms with E-state index in [2.05, 4.69) is 72.2 Å². The van der Waals surface area contributed by atoms with Crippen molar-refractivity contribution in [2.24, 2.45) is 0 Å². The van der Waals surface area contributed by atoms with Gasteiger partial charge in [0.05, 0.1) is 40.0 Å². The van der Waals surface area contributed by atoms with E-state index in [1.165, 1.54) is 40.0 Å². The van der Waals surface area contributed by atoms with Gasteiger partial charge in [-0.2, -0.15) is 0 Å². The van der Waals surface area contributed by atoms with Gasteiger partial charge in [0.1, 0.15) is 0 Å². The lowest BCUT2D eigenvalue weighted by atomic mass is 10.4. The predicted octanol–water partition coefficient (Wildman–Crippen LogP) is 2.19. The van der Waals surface area contributed by atoms with Gasteiger partial charge in [0.25, 0.3) is 0 Å². The molecule has 18 heavy (non-hydrogen) atoms. The van der Waals surface area contributed by atoms with Crippen LogP contribution in [-0.2, 0) is 0 Å². The first kappa shape index (κ1) is 19.1. The SMILES string of the molecule is C1N2CN3CN1CN(C2)C3.C=C.C=C.C=C.C=C. The van der Waals surface area contributed by atoms with Gasteiger partial charge in [-0.3, -0.25) is 19.6 Å². The van der Waals surface area contributed by atoms with Crippen molar-refractivity contribution in [3.05, 3.63) is 52.6 Å². The molecule has 0 saturated carbocycles. The molecule has 0 radical (unpaired) electrons. The monoisotopic (exact) mass is 252 g/mol. The Balaban J connectivity index is 0. The highest BCUT2D eigenvalue weighted by atomic mass is 15.7. The van der Waals surface area contributed by atoms with E-state index < -0.39 is 0 Å². The molecule has 4 aliphatic heterocycles. The first-order valence-electron chi connectivity index (χ1n) is 5.79. The van der Waals surface area contributed by atoms with Crippen molar-refractivity contribution in [1.82, 2.24) is 19.6 Å². The maximum atomic E-state index is 3.00. The van der Waals surface area contributed by atoms with Crippen LogP contribution in [0.25, 0.3) is 0 Å². The van der Waals surface area contributed by atoms with Crippen LogP contribution in [0.15, 0.2) is 52.6 Å². The Labute approximate surface area is 113 Å². The van der Waals surface area contributed by atoms with Gasteiger partial charge in [-0.25, -0.2) is 0 Å². The van der Waals surface area contributed by atoms with E-state index in [0.717, 1.165) is 0 Å². The molecule has 0 aromatic carbocycles. The standard InChI is InChI=1S/C6H12N4.4C2H4/c1-7-2-9-4-8(1)5-10(3-7)6-9;4*1-2/h1-6H2;4*1-2H2. The van der Waals surface area contributed by atoms with Crippen LogP contribution < -0.4 is 0 Å². The van der Waals surface area contributed by atoms with Crippen LogP contribution in [0.1, 0.15) is 0 Å². The van der Waals surface area contributed by atoms with E-state index in [9.17, 15) is 0 Å². The van der Waals surface area contributed by atoms with Gasteiger partial charge in [-0.1, -0.05) is 0 Å². The summed E-state index contributed by atoms with van der Waals surface area (Å²) in [5, 5.41) is 0. The minimum atomic E-state index is 1.19. The molecule has 0 N–H and O–H groups in total. The Morgan fingerprint density at radius 3 is 0.556 bits per heavy atom. The average molecular weight is 252 g/mol. The molecule has 104 valence electrons. The van der Waals surface area contributed by atoms with Crippen LogP contribution in [0.2, 0.25) is 0 Å². The third-order valence-electron chi connectivity index (χ3n) is 2.40. The fourth-order valence-corrected chi connectivity index (χ4v) is 2.23. The third kappa shape index (κ3) is 5.42. The summed E-state index contributed by atoms with van der Waals surface area (Å²) in [6.45, 7) is 31.1. The van der Waals surface area contributed by atoms with Crippen LogP contribution in [0, 0.1) is 0 Å². The molecule has 4 rings (SSSR count). The quantitative estimate of drug-likeness (QED) is 0.613. The Kier molecular flexibility index (Phi) is 13.0. The van der Waals surface area contributed by atoms with E-state index in [0.29, 0.717) is 0 Å². The highest BCUT2D eigenvalue weighted by molar-refractivity contribution is 4.79. The van der Waals surface area contributed by atoms with Crippen molar-refractivity contribution >= 4 is 0 Å². The largest absolute Gasteiger partial charge is 0.264 e. The van der Waals surface area contributed by atoms with Crippen LogP contribution in [0.5, 0.6) is 0 Å². The van der Waals surface area contributed by atoms with Crippen LogP contribution in [0.4, 0.5) is 0 Å². The summed E-state index contributed by atoms with van der Waals surface area (Å²) in [5.41, 5.74) is 0. The van der Waals surface area contributed by atoms with Gasteiger partial charge < -0.3 is 0 Å². The molecular weight excluding hydrogens is 224 g/mol. The molecule has 0 atom stereocenters. The smallest absolute Gasteiger partial charge is 0.0555 e. The van der Waals surface area contributed by atoms with E-state index >= 15 is 0 Å². The molecule has 4 bridgehead atoms. The summed E-state index contributed by atoms with van der Waals surface area (Å²) >= 11 is 0.